The van der Waals surface area contributed by atoms with Crippen molar-refractivity contribution in [2.24, 2.45) is 11.8 Å². The average Bonchev–Trinajstić information content (AvgIpc) is 2.52. The Morgan fingerprint density at radius 3 is 2.65 bits per heavy atom. The molecule has 1 aliphatic carbocycles. The number of benzene rings is 1. The second-order valence-corrected chi connectivity index (χ2v) is 5.56. The Balaban J connectivity index is 2.09. The summed E-state index contributed by atoms with van der Waals surface area (Å²) >= 11 is 5.69. The summed E-state index contributed by atoms with van der Waals surface area (Å²) in [5, 5.41) is 0. The van der Waals surface area contributed by atoms with E-state index >= 15 is 0 Å². The molecule has 0 heterocycles. The van der Waals surface area contributed by atoms with Crippen LogP contribution in [-0.4, -0.2) is 5.88 Å². The number of rotatable bonds is 4. The third-order valence-electron chi connectivity index (χ3n) is 3.78. The summed E-state index contributed by atoms with van der Waals surface area (Å²) in [6.07, 6.45) is 10.6. The number of halogens is 1. The molecule has 0 saturated carbocycles. The number of alkyl halides is 1. The lowest BCUT2D eigenvalue weighted by atomic mass is 9.77. The minimum atomic E-state index is 0.311. The van der Waals surface area contributed by atoms with Crippen LogP contribution in [0.15, 0.2) is 54.6 Å². The van der Waals surface area contributed by atoms with Crippen LogP contribution in [0.2, 0.25) is 0 Å². The lowest BCUT2D eigenvalue weighted by Gasteiger charge is -2.26. The van der Waals surface area contributed by atoms with Crippen molar-refractivity contribution in [2.75, 3.05) is 5.88 Å². The van der Waals surface area contributed by atoms with Gasteiger partial charge in [0.1, 0.15) is 0 Å². The van der Waals surface area contributed by atoms with Gasteiger partial charge in [-0.05, 0) is 17.9 Å². The number of hydrogen-bond donors (Lipinski definition) is 0. The third-order valence-corrected chi connectivity index (χ3v) is 4.05. The Bertz CT molecular complexity index is 516. The van der Waals surface area contributed by atoms with Crippen LogP contribution in [0.1, 0.15) is 31.2 Å². The second kappa shape index (κ2) is 7.98. The number of unbranched alkanes of at least 4 members (excludes halogenated alkanes) is 1. The second-order valence-electron chi connectivity index (χ2n) is 5.19. The largest absolute Gasteiger partial charge is 0.127 e. The van der Waals surface area contributed by atoms with Crippen molar-refractivity contribution >= 4 is 11.6 Å². The van der Waals surface area contributed by atoms with Gasteiger partial charge in [0, 0.05) is 24.1 Å². The monoisotopic (exact) mass is 284 g/mol. The number of allylic oxidation sites excluding steroid dienone is 4. The van der Waals surface area contributed by atoms with Gasteiger partial charge >= 0.3 is 0 Å². The quantitative estimate of drug-likeness (QED) is 0.406. The first-order valence-corrected chi connectivity index (χ1v) is 7.80. The summed E-state index contributed by atoms with van der Waals surface area (Å²) in [5.74, 6) is 8.61. The Kier molecular flexibility index (Phi) is 5.96. The summed E-state index contributed by atoms with van der Waals surface area (Å²) in [5.41, 5.74) is 1.38. The van der Waals surface area contributed by atoms with Gasteiger partial charge in [-0.1, -0.05) is 67.5 Å². The minimum Gasteiger partial charge on any atom is -0.127 e. The molecule has 20 heavy (non-hydrogen) atoms. The van der Waals surface area contributed by atoms with Crippen LogP contribution in [0, 0.1) is 23.7 Å². The van der Waals surface area contributed by atoms with Crippen molar-refractivity contribution in [1.29, 1.82) is 0 Å². The van der Waals surface area contributed by atoms with E-state index in [-0.39, 0.29) is 0 Å². The zero-order chi connectivity index (χ0) is 14.2. The van der Waals surface area contributed by atoms with Crippen molar-refractivity contribution in [3.05, 3.63) is 60.2 Å². The van der Waals surface area contributed by atoms with Crippen molar-refractivity contribution < 1.29 is 0 Å². The lowest BCUT2D eigenvalue weighted by molar-refractivity contribution is 0.479. The van der Waals surface area contributed by atoms with E-state index in [2.05, 4.69) is 73.4 Å². The van der Waals surface area contributed by atoms with Gasteiger partial charge in [0.15, 0.2) is 0 Å². The van der Waals surface area contributed by atoms with Crippen LogP contribution in [0.3, 0.4) is 0 Å². The molecule has 1 aromatic rings. The van der Waals surface area contributed by atoms with Gasteiger partial charge in [-0.15, -0.1) is 17.5 Å². The van der Waals surface area contributed by atoms with Crippen LogP contribution < -0.4 is 0 Å². The summed E-state index contributed by atoms with van der Waals surface area (Å²) < 4.78 is 0. The van der Waals surface area contributed by atoms with E-state index in [1.54, 1.807) is 0 Å². The minimum absolute atomic E-state index is 0.311. The SMILES string of the molecule is CC(c1ccccc1)C1C=CC=C[C@H]1C#CCCCCl. The van der Waals surface area contributed by atoms with Gasteiger partial charge in [0.05, 0.1) is 0 Å². The highest BCUT2D eigenvalue weighted by atomic mass is 35.5. The van der Waals surface area contributed by atoms with E-state index in [0.29, 0.717) is 23.6 Å². The topological polar surface area (TPSA) is 0 Å². The highest BCUT2D eigenvalue weighted by Gasteiger charge is 2.23. The predicted molar refractivity (Wildman–Crippen MR) is 87.8 cm³/mol. The van der Waals surface area contributed by atoms with E-state index in [1.807, 2.05) is 0 Å². The van der Waals surface area contributed by atoms with Crippen molar-refractivity contribution in [3.63, 3.8) is 0 Å². The molecule has 2 rings (SSSR count). The van der Waals surface area contributed by atoms with Crippen molar-refractivity contribution in [1.82, 2.24) is 0 Å². The highest BCUT2D eigenvalue weighted by molar-refractivity contribution is 6.17. The van der Waals surface area contributed by atoms with Gasteiger partial charge in [0.25, 0.3) is 0 Å². The Morgan fingerprint density at radius 1 is 1.15 bits per heavy atom. The fourth-order valence-corrected chi connectivity index (χ4v) is 2.70. The zero-order valence-corrected chi connectivity index (χ0v) is 12.7. The standard InChI is InChI=1S/C19H21Cl/c1-16(17-10-4-2-5-11-17)19-14-8-7-13-18(19)12-6-3-9-15-20/h2,4-5,7-8,10-11,13-14,16,18-19H,3,9,15H2,1H3/t16?,18-,19?/m1/s1. The van der Waals surface area contributed by atoms with Gasteiger partial charge in [-0.3, -0.25) is 0 Å². The molecular formula is C19H21Cl. The summed E-state index contributed by atoms with van der Waals surface area (Å²) in [7, 11) is 0. The van der Waals surface area contributed by atoms with Crippen molar-refractivity contribution in [3.8, 4) is 11.8 Å². The maximum Gasteiger partial charge on any atom is 0.0454 e. The van der Waals surface area contributed by atoms with Crippen LogP contribution >= 0.6 is 11.6 Å². The van der Waals surface area contributed by atoms with Crippen LogP contribution in [0.25, 0.3) is 0 Å². The van der Waals surface area contributed by atoms with Gasteiger partial charge in [-0.2, -0.15) is 0 Å². The van der Waals surface area contributed by atoms with E-state index in [4.69, 9.17) is 11.6 Å². The Morgan fingerprint density at radius 2 is 1.90 bits per heavy atom. The smallest absolute Gasteiger partial charge is 0.0454 e. The van der Waals surface area contributed by atoms with Crippen LogP contribution in [0.4, 0.5) is 0 Å². The molecule has 0 amide bonds. The molecule has 0 spiro atoms. The summed E-state index contributed by atoms with van der Waals surface area (Å²) in [4.78, 5) is 0. The third kappa shape index (κ3) is 4.02. The zero-order valence-electron chi connectivity index (χ0n) is 11.9. The molecule has 0 bridgehead atoms. The molecule has 0 radical (unpaired) electrons. The molecule has 0 aliphatic heterocycles. The molecule has 0 fully saturated rings. The molecule has 0 N–H and O–H groups in total. The first-order valence-electron chi connectivity index (χ1n) is 7.27. The molecule has 3 atom stereocenters. The fraction of sp³-hybridized carbons (Fsp3) is 0.368. The molecule has 2 unspecified atom stereocenters. The van der Waals surface area contributed by atoms with Gasteiger partial charge < -0.3 is 0 Å². The summed E-state index contributed by atoms with van der Waals surface area (Å²) in [6.45, 7) is 2.29. The maximum atomic E-state index is 5.69. The average molecular weight is 285 g/mol. The number of hydrogen-bond acceptors (Lipinski definition) is 0. The Labute approximate surface area is 127 Å². The first kappa shape index (κ1) is 14.9. The Hall–Kier alpha value is -1.45. The van der Waals surface area contributed by atoms with Crippen LogP contribution in [0.5, 0.6) is 0 Å². The van der Waals surface area contributed by atoms with E-state index in [1.165, 1.54) is 5.56 Å². The highest BCUT2D eigenvalue weighted by Crippen LogP contribution is 2.33. The summed E-state index contributed by atoms with van der Waals surface area (Å²) in [6, 6.07) is 10.7. The van der Waals surface area contributed by atoms with Gasteiger partial charge in [-0.25, -0.2) is 0 Å². The van der Waals surface area contributed by atoms with Gasteiger partial charge in [0.2, 0.25) is 0 Å². The molecule has 1 aromatic carbocycles. The molecule has 104 valence electrons. The lowest BCUT2D eigenvalue weighted by Crippen LogP contribution is -2.17. The van der Waals surface area contributed by atoms with E-state index in [0.717, 1.165) is 12.8 Å². The fourth-order valence-electron chi connectivity index (χ4n) is 2.57. The normalized spacial score (nSPS) is 22.1. The van der Waals surface area contributed by atoms with E-state index in [9.17, 15) is 0 Å². The predicted octanol–water partition coefficient (Wildman–Crippen LogP) is 5.17. The molecule has 0 nitrogen and oxygen atoms in total. The van der Waals surface area contributed by atoms with Crippen molar-refractivity contribution in [2.45, 2.75) is 25.7 Å². The first-order chi connectivity index (χ1) is 9.83. The molecule has 1 aliphatic rings. The van der Waals surface area contributed by atoms with E-state index < -0.39 is 0 Å². The maximum absolute atomic E-state index is 5.69. The molecular weight excluding hydrogens is 264 g/mol. The molecule has 0 saturated heterocycles. The molecule has 1 heteroatoms. The molecule has 0 aromatic heterocycles. The van der Waals surface area contributed by atoms with Crippen LogP contribution in [-0.2, 0) is 0 Å².